The summed E-state index contributed by atoms with van der Waals surface area (Å²) in [6.45, 7) is 0.912. The molecule has 2 aromatic rings. The lowest BCUT2D eigenvalue weighted by Crippen LogP contribution is -2.39. The van der Waals surface area contributed by atoms with E-state index in [1.165, 1.54) is 0 Å². The van der Waals surface area contributed by atoms with Crippen LogP contribution in [0.3, 0.4) is 0 Å². The summed E-state index contributed by atoms with van der Waals surface area (Å²) in [6.07, 6.45) is 0.432. The highest BCUT2D eigenvalue weighted by atomic mass is 32.2. The van der Waals surface area contributed by atoms with Crippen molar-refractivity contribution in [3.63, 3.8) is 0 Å². The van der Waals surface area contributed by atoms with Gasteiger partial charge in [0.1, 0.15) is 0 Å². The van der Waals surface area contributed by atoms with E-state index >= 15 is 0 Å². The molecule has 0 saturated carbocycles. The monoisotopic (exact) mass is 404 g/mol. The van der Waals surface area contributed by atoms with Gasteiger partial charge < -0.3 is 19.7 Å². The number of ether oxygens (including phenoxy) is 2. The summed E-state index contributed by atoms with van der Waals surface area (Å²) < 4.78 is 35.9. The predicted octanol–water partition coefficient (Wildman–Crippen LogP) is 2.46. The number of urea groups is 1. The van der Waals surface area contributed by atoms with Gasteiger partial charge in [-0.1, -0.05) is 24.3 Å². The van der Waals surface area contributed by atoms with Gasteiger partial charge in [0.05, 0.1) is 24.4 Å². The molecule has 0 aliphatic carbocycles. The number of methoxy groups -OCH3 is 2. The SMILES string of the molecule is COc1ccc(CNC(=O)N2CCC(S(=O)(=O)c3ccccc3)C2)cc1OC. The number of carbonyl (C=O) groups is 1. The minimum atomic E-state index is -3.44. The summed E-state index contributed by atoms with van der Waals surface area (Å²) in [5.74, 6) is 1.20. The normalized spacial score (nSPS) is 16.6. The third-order valence-corrected chi connectivity index (χ3v) is 7.03. The average molecular weight is 404 g/mol. The Kier molecular flexibility index (Phi) is 6.08. The van der Waals surface area contributed by atoms with Crippen molar-refractivity contribution >= 4 is 15.9 Å². The molecule has 1 unspecified atom stereocenters. The number of benzene rings is 2. The van der Waals surface area contributed by atoms with Crippen molar-refractivity contribution in [1.29, 1.82) is 0 Å². The van der Waals surface area contributed by atoms with Gasteiger partial charge in [-0.3, -0.25) is 0 Å². The number of carbonyl (C=O) groups excluding carboxylic acids is 1. The van der Waals surface area contributed by atoms with E-state index in [0.717, 1.165) is 5.56 Å². The first kappa shape index (κ1) is 20.0. The Bertz CT molecular complexity index is 931. The van der Waals surface area contributed by atoms with Gasteiger partial charge in [0.2, 0.25) is 0 Å². The molecule has 0 spiro atoms. The maximum absolute atomic E-state index is 12.7. The van der Waals surface area contributed by atoms with Crippen LogP contribution in [0.15, 0.2) is 53.4 Å². The van der Waals surface area contributed by atoms with Crippen molar-refractivity contribution in [2.45, 2.75) is 23.1 Å². The molecule has 0 radical (unpaired) electrons. The van der Waals surface area contributed by atoms with Crippen LogP contribution < -0.4 is 14.8 Å². The molecule has 2 amide bonds. The second-order valence-corrected chi connectivity index (χ2v) is 8.79. The highest BCUT2D eigenvalue weighted by Gasteiger charge is 2.36. The number of nitrogens with one attached hydrogen (secondary N) is 1. The zero-order valence-electron chi connectivity index (χ0n) is 15.9. The molecular formula is C20H24N2O5S. The molecule has 2 aromatic carbocycles. The molecule has 28 heavy (non-hydrogen) atoms. The predicted molar refractivity (Wildman–Crippen MR) is 105 cm³/mol. The number of amides is 2. The zero-order chi connectivity index (χ0) is 20.1. The van der Waals surface area contributed by atoms with Gasteiger partial charge in [0, 0.05) is 19.6 Å². The first-order valence-electron chi connectivity index (χ1n) is 8.98. The van der Waals surface area contributed by atoms with Crippen LogP contribution >= 0.6 is 0 Å². The van der Waals surface area contributed by atoms with Crippen molar-refractivity contribution in [2.24, 2.45) is 0 Å². The quantitative estimate of drug-likeness (QED) is 0.799. The van der Waals surface area contributed by atoms with E-state index in [2.05, 4.69) is 5.32 Å². The molecular weight excluding hydrogens is 380 g/mol. The Morgan fingerprint density at radius 2 is 1.82 bits per heavy atom. The molecule has 8 heteroatoms. The van der Waals surface area contributed by atoms with Gasteiger partial charge in [0.25, 0.3) is 0 Å². The lowest BCUT2D eigenvalue weighted by atomic mass is 10.2. The minimum absolute atomic E-state index is 0.189. The van der Waals surface area contributed by atoms with Gasteiger partial charge in [-0.15, -0.1) is 0 Å². The molecule has 0 aromatic heterocycles. The van der Waals surface area contributed by atoms with E-state index < -0.39 is 15.1 Å². The zero-order valence-corrected chi connectivity index (χ0v) is 16.7. The van der Waals surface area contributed by atoms with Crippen LogP contribution in [-0.2, 0) is 16.4 Å². The largest absolute Gasteiger partial charge is 0.493 e. The number of sulfone groups is 1. The highest BCUT2D eigenvalue weighted by Crippen LogP contribution is 2.27. The van der Waals surface area contributed by atoms with Crippen LogP contribution in [0, 0.1) is 0 Å². The summed E-state index contributed by atoms with van der Waals surface area (Å²) in [4.78, 5) is 14.3. The molecule has 1 saturated heterocycles. The van der Waals surface area contributed by atoms with Crippen molar-refractivity contribution in [1.82, 2.24) is 10.2 Å². The van der Waals surface area contributed by atoms with Crippen molar-refractivity contribution < 1.29 is 22.7 Å². The number of hydrogen-bond acceptors (Lipinski definition) is 5. The van der Waals surface area contributed by atoms with Crippen molar-refractivity contribution in [3.8, 4) is 11.5 Å². The second kappa shape index (κ2) is 8.52. The number of nitrogens with zero attached hydrogens (tertiary/aromatic N) is 1. The van der Waals surface area contributed by atoms with Gasteiger partial charge in [-0.25, -0.2) is 13.2 Å². The highest BCUT2D eigenvalue weighted by molar-refractivity contribution is 7.92. The lowest BCUT2D eigenvalue weighted by Gasteiger charge is -2.18. The summed E-state index contributed by atoms with van der Waals surface area (Å²) in [7, 11) is -0.326. The Morgan fingerprint density at radius 1 is 1.11 bits per heavy atom. The third-order valence-electron chi connectivity index (χ3n) is 4.83. The first-order valence-corrected chi connectivity index (χ1v) is 10.5. The smallest absolute Gasteiger partial charge is 0.317 e. The van der Waals surface area contributed by atoms with Crippen LogP contribution in [0.25, 0.3) is 0 Å². The molecule has 1 aliphatic rings. The van der Waals surface area contributed by atoms with E-state index in [1.54, 1.807) is 61.6 Å². The molecule has 1 heterocycles. The summed E-state index contributed by atoms with van der Waals surface area (Å²) >= 11 is 0. The van der Waals surface area contributed by atoms with Crippen LogP contribution in [-0.4, -0.2) is 51.9 Å². The fraction of sp³-hybridized carbons (Fsp3) is 0.350. The summed E-state index contributed by atoms with van der Waals surface area (Å²) in [5, 5.41) is 2.26. The third kappa shape index (κ3) is 4.22. The van der Waals surface area contributed by atoms with Gasteiger partial charge in [-0.2, -0.15) is 0 Å². The summed E-state index contributed by atoms with van der Waals surface area (Å²) in [6, 6.07) is 13.5. The van der Waals surface area contributed by atoms with Crippen LogP contribution in [0.4, 0.5) is 4.79 Å². The van der Waals surface area contributed by atoms with Crippen LogP contribution in [0.1, 0.15) is 12.0 Å². The van der Waals surface area contributed by atoms with E-state index in [0.29, 0.717) is 35.9 Å². The number of hydrogen-bond donors (Lipinski definition) is 1. The fourth-order valence-electron chi connectivity index (χ4n) is 3.25. The maximum atomic E-state index is 12.7. The molecule has 150 valence electrons. The summed E-state index contributed by atoms with van der Waals surface area (Å²) in [5.41, 5.74) is 0.860. The van der Waals surface area contributed by atoms with E-state index in [-0.39, 0.29) is 12.6 Å². The molecule has 1 N–H and O–H groups in total. The lowest BCUT2D eigenvalue weighted by molar-refractivity contribution is 0.208. The van der Waals surface area contributed by atoms with E-state index in [1.807, 2.05) is 6.07 Å². The molecule has 7 nitrogen and oxygen atoms in total. The Hall–Kier alpha value is -2.74. The van der Waals surface area contributed by atoms with E-state index in [4.69, 9.17) is 9.47 Å². The standard InChI is InChI=1S/C20H24N2O5S/c1-26-18-9-8-15(12-19(18)27-2)13-21-20(23)22-11-10-17(14-22)28(24,25)16-6-4-3-5-7-16/h3-9,12,17H,10-11,13-14H2,1-2H3,(H,21,23). The molecule has 1 aliphatic heterocycles. The maximum Gasteiger partial charge on any atom is 0.317 e. The first-order chi connectivity index (χ1) is 13.5. The molecule has 1 atom stereocenters. The Morgan fingerprint density at radius 3 is 2.50 bits per heavy atom. The van der Waals surface area contributed by atoms with Crippen LogP contribution in [0.5, 0.6) is 11.5 Å². The second-order valence-electron chi connectivity index (χ2n) is 6.56. The fourth-order valence-corrected chi connectivity index (χ4v) is 4.96. The van der Waals surface area contributed by atoms with Gasteiger partial charge in [-0.05, 0) is 36.2 Å². The van der Waals surface area contributed by atoms with Crippen molar-refractivity contribution in [2.75, 3.05) is 27.3 Å². The molecule has 3 rings (SSSR count). The Balaban J connectivity index is 1.59. The number of likely N-dealkylation sites (tertiary alicyclic amines) is 1. The van der Waals surface area contributed by atoms with Crippen molar-refractivity contribution in [3.05, 3.63) is 54.1 Å². The Labute approximate surface area is 165 Å². The number of rotatable bonds is 6. The molecule has 1 fully saturated rings. The van der Waals surface area contributed by atoms with Gasteiger partial charge in [0.15, 0.2) is 21.3 Å². The van der Waals surface area contributed by atoms with Crippen LogP contribution in [0.2, 0.25) is 0 Å². The minimum Gasteiger partial charge on any atom is -0.493 e. The topological polar surface area (TPSA) is 84.9 Å². The average Bonchev–Trinajstić information content (AvgIpc) is 3.23. The molecule has 0 bridgehead atoms. The van der Waals surface area contributed by atoms with E-state index in [9.17, 15) is 13.2 Å². The van der Waals surface area contributed by atoms with Gasteiger partial charge >= 0.3 is 6.03 Å².